The van der Waals surface area contributed by atoms with E-state index in [2.05, 4.69) is 19.2 Å². The first-order chi connectivity index (χ1) is 10.8. The summed E-state index contributed by atoms with van der Waals surface area (Å²) in [6, 6.07) is 7.94. The fourth-order valence-corrected chi connectivity index (χ4v) is 2.58. The van der Waals surface area contributed by atoms with Crippen molar-refractivity contribution in [1.29, 1.82) is 0 Å². The summed E-state index contributed by atoms with van der Waals surface area (Å²) in [5, 5.41) is 3.13. The van der Waals surface area contributed by atoms with Crippen LogP contribution in [0.3, 0.4) is 0 Å². The highest BCUT2D eigenvalue weighted by atomic mass is 16.5. The van der Waals surface area contributed by atoms with Crippen LogP contribution >= 0.6 is 0 Å². The van der Waals surface area contributed by atoms with Gasteiger partial charge in [0.15, 0.2) is 0 Å². The van der Waals surface area contributed by atoms with Gasteiger partial charge in [-0.2, -0.15) is 0 Å². The number of amides is 1. The molecule has 4 heteroatoms. The summed E-state index contributed by atoms with van der Waals surface area (Å²) in [6.45, 7) is 9.35. The number of carbonyl (C=O) groups excluding carboxylic acids is 1. The Morgan fingerprint density at radius 1 is 1.30 bits per heavy atom. The summed E-state index contributed by atoms with van der Waals surface area (Å²) in [7, 11) is 0. The van der Waals surface area contributed by atoms with Gasteiger partial charge in [0.05, 0.1) is 12.0 Å². The summed E-state index contributed by atoms with van der Waals surface area (Å²) >= 11 is 0. The molecule has 1 saturated carbocycles. The minimum Gasteiger partial charge on any atom is -0.493 e. The lowest BCUT2D eigenvalue weighted by molar-refractivity contribution is -0.126. The van der Waals surface area contributed by atoms with E-state index < -0.39 is 5.41 Å². The second-order valence-corrected chi connectivity index (χ2v) is 7.51. The van der Waals surface area contributed by atoms with Crippen molar-refractivity contribution in [2.24, 2.45) is 17.6 Å². The molecular weight excluding hydrogens is 288 g/mol. The van der Waals surface area contributed by atoms with E-state index in [4.69, 9.17) is 10.5 Å². The molecule has 128 valence electrons. The van der Waals surface area contributed by atoms with E-state index in [1.54, 1.807) is 0 Å². The highest BCUT2D eigenvalue weighted by Crippen LogP contribution is 2.33. The molecule has 1 atom stereocenters. The second-order valence-electron chi connectivity index (χ2n) is 7.51. The van der Waals surface area contributed by atoms with Gasteiger partial charge in [-0.25, -0.2) is 0 Å². The van der Waals surface area contributed by atoms with Gasteiger partial charge in [0.2, 0.25) is 5.91 Å². The van der Waals surface area contributed by atoms with Crippen molar-refractivity contribution in [1.82, 2.24) is 5.32 Å². The zero-order valence-electron chi connectivity index (χ0n) is 14.8. The molecule has 1 aromatic carbocycles. The molecule has 0 aliphatic heterocycles. The van der Waals surface area contributed by atoms with Gasteiger partial charge in [0.1, 0.15) is 5.75 Å². The number of nitrogens with one attached hydrogen (secondary N) is 1. The minimum absolute atomic E-state index is 0.0377. The lowest BCUT2D eigenvalue weighted by Gasteiger charge is -2.27. The maximum absolute atomic E-state index is 12.7. The highest BCUT2D eigenvalue weighted by molar-refractivity contribution is 5.87. The van der Waals surface area contributed by atoms with Crippen molar-refractivity contribution in [2.45, 2.75) is 52.0 Å². The molecule has 23 heavy (non-hydrogen) atoms. The predicted molar refractivity (Wildman–Crippen MR) is 93.5 cm³/mol. The van der Waals surface area contributed by atoms with Crippen molar-refractivity contribution in [3.63, 3.8) is 0 Å². The molecule has 1 unspecified atom stereocenters. The Kier molecular flexibility index (Phi) is 5.69. The second kappa shape index (κ2) is 7.35. The largest absolute Gasteiger partial charge is 0.493 e. The lowest BCUT2D eigenvalue weighted by Crippen LogP contribution is -2.48. The Balaban J connectivity index is 2.01. The van der Waals surface area contributed by atoms with Crippen molar-refractivity contribution >= 4 is 5.91 Å². The van der Waals surface area contributed by atoms with Crippen LogP contribution in [-0.4, -0.2) is 25.1 Å². The van der Waals surface area contributed by atoms with Gasteiger partial charge in [0, 0.05) is 12.6 Å². The first-order valence-electron chi connectivity index (χ1n) is 8.59. The van der Waals surface area contributed by atoms with Gasteiger partial charge >= 0.3 is 0 Å². The van der Waals surface area contributed by atoms with Gasteiger partial charge in [-0.05, 0) is 56.2 Å². The van der Waals surface area contributed by atoms with Crippen molar-refractivity contribution in [2.75, 3.05) is 13.2 Å². The minimum atomic E-state index is -0.584. The Labute approximate surface area is 139 Å². The van der Waals surface area contributed by atoms with E-state index in [0.29, 0.717) is 25.0 Å². The summed E-state index contributed by atoms with van der Waals surface area (Å²) in [4.78, 5) is 12.7. The molecule has 1 aliphatic rings. The summed E-state index contributed by atoms with van der Waals surface area (Å²) in [5.74, 6) is 1.94. The molecule has 1 aromatic rings. The van der Waals surface area contributed by atoms with E-state index >= 15 is 0 Å². The Morgan fingerprint density at radius 3 is 2.39 bits per heavy atom. The molecule has 0 aromatic heterocycles. The van der Waals surface area contributed by atoms with Crippen molar-refractivity contribution < 1.29 is 9.53 Å². The molecular formula is C19H30N2O2. The number of benzene rings is 1. The van der Waals surface area contributed by atoms with Gasteiger partial charge in [-0.3, -0.25) is 4.79 Å². The Bertz CT molecular complexity index is 519. The molecule has 4 nitrogen and oxygen atoms in total. The smallest absolute Gasteiger partial charge is 0.230 e. The molecule has 1 amide bonds. The van der Waals surface area contributed by atoms with E-state index in [-0.39, 0.29) is 11.9 Å². The predicted octanol–water partition coefficient (Wildman–Crippen LogP) is 2.85. The number of hydrogen-bond donors (Lipinski definition) is 2. The Hall–Kier alpha value is -1.55. The van der Waals surface area contributed by atoms with Crippen LogP contribution in [0.25, 0.3) is 0 Å². The zero-order chi connectivity index (χ0) is 17.0. The van der Waals surface area contributed by atoms with Crippen LogP contribution in [0.5, 0.6) is 5.75 Å². The van der Waals surface area contributed by atoms with Crippen LogP contribution in [0.15, 0.2) is 24.3 Å². The first-order valence-corrected chi connectivity index (χ1v) is 8.59. The van der Waals surface area contributed by atoms with E-state index in [1.807, 2.05) is 38.1 Å². The molecule has 1 aliphatic carbocycles. The average molecular weight is 318 g/mol. The molecule has 3 N–H and O–H groups in total. The third-order valence-electron chi connectivity index (χ3n) is 4.49. The summed E-state index contributed by atoms with van der Waals surface area (Å²) in [5.41, 5.74) is 6.19. The van der Waals surface area contributed by atoms with Crippen LogP contribution in [0, 0.1) is 11.8 Å². The number of rotatable bonds is 8. The molecule has 0 spiro atoms. The van der Waals surface area contributed by atoms with Crippen LogP contribution in [0.2, 0.25) is 0 Å². The quantitative estimate of drug-likeness (QED) is 0.774. The monoisotopic (exact) mass is 318 g/mol. The maximum Gasteiger partial charge on any atom is 0.230 e. The van der Waals surface area contributed by atoms with E-state index in [9.17, 15) is 4.79 Å². The van der Waals surface area contributed by atoms with Gasteiger partial charge in [-0.15, -0.1) is 0 Å². The third-order valence-corrected chi connectivity index (χ3v) is 4.49. The maximum atomic E-state index is 12.7. The lowest BCUT2D eigenvalue weighted by atomic mass is 9.83. The standard InChI is InChI=1S/C19H30N2O2/c1-13(2)12-23-16-9-7-15(8-10-16)19(3,4)18(22)21-17(11-20)14-5-6-14/h7-10,13-14,17H,5-6,11-12,20H2,1-4H3,(H,21,22). The fourth-order valence-electron chi connectivity index (χ4n) is 2.58. The van der Waals surface area contributed by atoms with Gasteiger partial charge in [-0.1, -0.05) is 26.0 Å². The summed E-state index contributed by atoms with van der Waals surface area (Å²) in [6.07, 6.45) is 2.34. The SMILES string of the molecule is CC(C)COc1ccc(C(C)(C)C(=O)NC(CN)C2CC2)cc1. The molecule has 2 rings (SSSR count). The van der Waals surface area contributed by atoms with E-state index in [0.717, 1.165) is 11.3 Å². The van der Waals surface area contributed by atoms with Crippen molar-refractivity contribution in [3.05, 3.63) is 29.8 Å². The number of hydrogen-bond acceptors (Lipinski definition) is 3. The topological polar surface area (TPSA) is 64.3 Å². The molecule has 0 bridgehead atoms. The molecule has 0 saturated heterocycles. The number of ether oxygens (including phenoxy) is 1. The highest BCUT2D eigenvalue weighted by Gasteiger charge is 2.36. The van der Waals surface area contributed by atoms with Gasteiger partial charge in [0.25, 0.3) is 0 Å². The molecule has 0 radical (unpaired) electrons. The normalized spacial score (nSPS) is 16.3. The molecule has 0 heterocycles. The van der Waals surface area contributed by atoms with Crippen LogP contribution in [0.1, 0.15) is 46.1 Å². The average Bonchev–Trinajstić information content (AvgIpc) is 3.35. The number of carbonyl (C=O) groups is 1. The Morgan fingerprint density at radius 2 is 1.91 bits per heavy atom. The first kappa shape index (κ1) is 17.8. The third kappa shape index (κ3) is 4.71. The fraction of sp³-hybridized carbons (Fsp3) is 0.632. The molecule has 1 fully saturated rings. The summed E-state index contributed by atoms with van der Waals surface area (Å²) < 4.78 is 5.70. The van der Waals surface area contributed by atoms with Gasteiger partial charge < -0.3 is 15.8 Å². The van der Waals surface area contributed by atoms with Crippen LogP contribution in [0.4, 0.5) is 0 Å². The zero-order valence-corrected chi connectivity index (χ0v) is 14.8. The van der Waals surface area contributed by atoms with Crippen molar-refractivity contribution in [3.8, 4) is 5.75 Å². The van der Waals surface area contributed by atoms with Crippen LogP contribution < -0.4 is 15.8 Å². The van der Waals surface area contributed by atoms with E-state index in [1.165, 1.54) is 12.8 Å². The number of nitrogens with two attached hydrogens (primary N) is 1. The van der Waals surface area contributed by atoms with Crippen LogP contribution in [-0.2, 0) is 10.2 Å².